The Balaban J connectivity index is 2.87. The first-order chi connectivity index (χ1) is 6.84. The van der Waals surface area contributed by atoms with Gasteiger partial charge in [0.15, 0.2) is 0 Å². The maximum atomic E-state index is 11.8. The molecule has 0 radical (unpaired) electrons. The molecule has 1 heterocycles. The normalized spacial score (nSPS) is 22.9. The second kappa shape index (κ2) is 4.32. The van der Waals surface area contributed by atoms with Crippen LogP contribution in [-0.4, -0.2) is 42.1 Å². The van der Waals surface area contributed by atoms with Crippen LogP contribution in [0.15, 0.2) is 12.2 Å². The molecule has 5 nitrogen and oxygen atoms in total. The number of hydrogen-bond acceptors (Lipinski definition) is 3. The van der Waals surface area contributed by atoms with E-state index in [1.807, 2.05) is 0 Å². The van der Waals surface area contributed by atoms with Gasteiger partial charge in [-0.25, -0.2) is 8.42 Å². The van der Waals surface area contributed by atoms with E-state index in [0.717, 1.165) is 4.31 Å². The number of aliphatic carboxylic acids is 1. The van der Waals surface area contributed by atoms with E-state index in [4.69, 9.17) is 5.11 Å². The maximum Gasteiger partial charge on any atom is 0.322 e. The van der Waals surface area contributed by atoms with E-state index in [2.05, 4.69) is 6.58 Å². The van der Waals surface area contributed by atoms with E-state index < -0.39 is 22.0 Å². The highest BCUT2D eigenvalue weighted by atomic mass is 32.2. The molecule has 1 fully saturated rings. The lowest BCUT2D eigenvalue weighted by atomic mass is 10.2. The molecule has 0 aromatic rings. The number of carboxylic acids is 1. The molecule has 0 aliphatic carbocycles. The standard InChI is InChI=1S/C9H15NO4S/c1-7(2)6-15(13,14)10-5-3-4-8(10)9(11)12/h8H,1,3-6H2,2H3,(H,11,12)/t8-/m1/s1. The molecule has 0 saturated carbocycles. The summed E-state index contributed by atoms with van der Waals surface area (Å²) in [6.07, 6.45) is 0.997. The summed E-state index contributed by atoms with van der Waals surface area (Å²) < 4.78 is 24.6. The molecule has 1 atom stereocenters. The van der Waals surface area contributed by atoms with Crippen molar-refractivity contribution >= 4 is 16.0 Å². The van der Waals surface area contributed by atoms with Crippen molar-refractivity contribution < 1.29 is 18.3 Å². The largest absolute Gasteiger partial charge is 0.480 e. The zero-order valence-corrected chi connectivity index (χ0v) is 9.46. The zero-order chi connectivity index (χ0) is 11.6. The molecule has 0 amide bonds. The third kappa shape index (κ3) is 2.79. The highest BCUT2D eigenvalue weighted by molar-refractivity contribution is 7.89. The van der Waals surface area contributed by atoms with Crippen LogP contribution in [-0.2, 0) is 14.8 Å². The summed E-state index contributed by atoms with van der Waals surface area (Å²) in [5, 5.41) is 8.85. The van der Waals surface area contributed by atoms with Crippen LogP contribution < -0.4 is 0 Å². The first-order valence-corrected chi connectivity index (χ1v) is 6.32. The predicted molar refractivity (Wildman–Crippen MR) is 56.0 cm³/mol. The molecular weight excluding hydrogens is 218 g/mol. The Bertz CT molecular complexity index is 374. The summed E-state index contributed by atoms with van der Waals surface area (Å²) in [4.78, 5) is 10.8. The number of rotatable bonds is 4. The van der Waals surface area contributed by atoms with E-state index in [1.54, 1.807) is 6.92 Å². The van der Waals surface area contributed by atoms with Crippen molar-refractivity contribution in [3.8, 4) is 0 Å². The van der Waals surface area contributed by atoms with Crippen molar-refractivity contribution in [1.29, 1.82) is 0 Å². The van der Waals surface area contributed by atoms with Crippen LogP contribution >= 0.6 is 0 Å². The van der Waals surface area contributed by atoms with Gasteiger partial charge >= 0.3 is 5.97 Å². The Morgan fingerprint density at radius 1 is 1.60 bits per heavy atom. The molecule has 6 heteroatoms. The van der Waals surface area contributed by atoms with E-state index in [-0.39, 0.29) is 5.75 Å². The molecule has 1 rings (SSSR count). The molecule has 0 bridgehead atoms. The van der Waals surface area contributed by atoms with Crippen LogP contribution in [0.1, 0.15) is 19.8 Å². The average molecular weight is 233 g/mol. The summed E-state index contributed by atoms with van der Waals surface area (Å²) in [6, 6.07) is -0.894. The predicted octanol–water partition coefficient (Wildman–Crippen LogP) is 0.441. The summed E-state index contributed by atoms with van der Waals surface area (Å²) in [7, 11) is -3.50. The van der Waals surface area contributed by atoms with Crippen molar-refractivity contribution in [1.82, 2.24) is 4.31 Å². The maximum absolute atomic E-state index is 11.8. The number of hydrogen-bond donors (Lipinski definition) is 1. The Morgan fingerprint density at radius 2 is 2.20 bits per heavy atom. The lowest BCUT2D eigenvalue weighted by Gasteiger charge is -2.20. The van der Waals surface area contributed by atoms with Gasteiger partial charge in [0.2, 0.25) is 10.0 Å². The van der Waals surface area contributed by atoms with E-state index >= 15 is 0 Å². The summed E-state index contributed by atoms with van der Waals surface area (Å²) in [5.41, 5.74) is 0.519. The molecule has 0 aromatic heterocycles. The Labute approximate surface area is 89.4 Å². The number of sulfonamides is 1. The summed E-state index contributed by atoms with van der Waals surface area (Å²) in [6.45, 7) is 5.44. The summed E-state index contributed by atoms with van der Waals surface area (Å²) in [5.74, 6) is -1.24. The van der Waals surface area contributed by atoms with Gasteiger partial charge in [0.1, 0.15) is 6.04 Å². The minimum absolute atomic E-state index is 0.170. The minimum atomic E-state index is -3.50. The van der Waals surface area contributed by atoms with E-state index in [1.165, 1.54) is 0 Å². The smallest absolute Gasteiger partial charge is 0.322 e. The quantitative estimate of drug-likeness (QED) is 0.715. The van der Waals surface area contributed by atoms with Crippen molar-refractivity contribution in [2.45, 2.75) is 25.8 Å². The van der Waals surface area contributed by atoms with Gasteiger partial charge in [-0.3, -0.25) is 4.79 Å². The van der Waals surface area contributed by atoms with Crippen LogP contribution in [0.4, 0.5) is 0 Å². The van der Waals surface area contributed by atoms with Gasteiger partial charge in [-0.2, -0.15) is 4.31 Å². The highest BCUT2D eigenvalue weighted by Crippen LogP contribution is 2.22. The second-order valence-corrected chi connectivity index (χ2v) is 5.74. The molecule has 0 aromatic carbocycles. The fraction of sp³-hybridized carbons (Fsp3) is 0.667. The molecule has 1 saturated heterocycles. The summed E-state index contributed by atoms with van der Waals surface area (Å²) >= 11 is 0. The first-order valence-electron chi connectivity index (χ1n) is 4.71. The van der Waals surface area contributed by atoms with Gasteiger partial charge in [0, 0.05) is 6.54 Å². The van der Waals surface area contributed by atoms with Crippen LogP contribution in [0.5, 0.6) is 0 Å². The monoisotopic (exact) mass is 233 g/mol. The van der Waals surface area contributed by atoms with E-state index in [0.29, 0.717) is 25.0 Å². The van der Waals surface area contributed by atoms with Crippen LogP contribution in [0, 0.1) is 0 Å². The van der Waals surface area contributed by atoms with Gasteiger partial charge in [-0.15, -0.1) is 0 Å². The highest BCUT2D eigenvalue weighted by Gasteiger charge is 2.38. The fourth-order valence-electron chi connectivity index (χ4n) is 1.71. The van der Waals surface area contributed by atoms with Crippen LogP contribution in [0.25, 0.3) is 0 Å². The van der Waals surface area contributed by atoms with Gasteiger partial charge in [0.25, 0.3) is 0 Å². The average Bonchev–Trinajstić information content (AvgIpc) is 2.48. The minimum Gasteiger partial charge on any atom is -0.480 e. The lowest BCUT2D eigenvalue weighted by molar-refractivity contribution is -0.140. The van der Waals surface area contributed by atoms with Crippen molar-refractivity contribution in [2.24, 2.45) is 0 Å². The van der Waals surface area contributed by atoms with Crippen LogP contribution in [0.2, 0.25) is 0 Å². The molecular formula is C9H15NO4S. The third-order valence-electron chi connectivity index (χ3n) is 2.27. The molecule has 0 unspecified atom stereocenters. The molecule has 15 heavy (non-hydrogen) atoms. The number of carboxylic acid groups (broad SMARTS) is 1. The van der Waals surface area contributed by atoms with Gasteiger partial charge in [-0.1, -0.05) is 12.2 Å². The third-order valence-corrected chi connectivity index (χ3v) is 4.28. The molecule has 86 valence electrons. The Morgan fingerprint density at radius 3 is 2.67 bits per heavy atom. The molecule has 1 aliphatic rings. The van der Waals surface area contributed by atoms with Crippen molar-refractivity contribution in [2.75, 3.05) is 12.3 Å². The zero-order valence-electron chi connectivity index (χ0n) is 8.64. The SMILES string of the molecule is C=C(C)CS(=O)(=O)N1CCC[C@@H]1C(=O)O. The van der Waals surface area contributed by atoms with E-state index in [9.17, 15) is 13.2 Å². The first kappa shape index (κ1) is 12.2. The van der Waals surface area contributed by atoms with Gasteiger partial charge in [-0.05, 0) is 19.8 Å². The number of carbonyl (C=O) groups is 1. The van der Waals surface area contributed by atoms with Crippen molar-refractivity contribution in [3.05, 3.63) is 12.2 Å². The topological polar surface area (TPSA) is 74.7 Å². The Hall–Kier alpha value is -0.880. The lowest BCUT2D eigenvalue weighted by Crippen LogP contribution is -2.41. The van der Waals surface area contributed by atoms with Crippen molar-refractivity contribution in [3.63, 3.8) is 0 Å². The van der Waals surface area contributed by atoms with Gasteiger partial charge in [0.05, 0.1) is 5.75 Å². The molecule has 0 spiro atoms. The second-order valence-electron chi connectivity index (χ2n) is 3.82. The molecule has 1 aliphatic heterocycles. The van der Waals surface area contributed by atoms with Gasteiger partial charge < -0.3 is 5.11 Å². The molecule has 1 N–H and O–H groups in total. The number of nitrogens with zero attached hydrogens (tertiary/aromatic N) is 1. The fourth-order valence-corrected chi connectivity index (χ4v) is 3.49. The van der Waals surface area contributed by atoms with Crippen LogP contribution in [0.3, 0.4) is 0 Å². The Kier molecular flexibility index (Phi) is 3.51.